The standard InChI is InChI=1S/C18H17ClN2O4/c19-14-4-2-13(3-5-14)18(23)20-8-7-17(22)21-10-12-1-6-15-16(9-12)25-11-24-15/h1-6,9H,7-8,10-11H2,(H,20,23)(H,21,22). The van der Waals surface area contributed by atoms with Crippen LogP contribution in [0.3, 0.4) is 0 Å². The maximum absolute atomic E-state index is 11.9. The van der Waals surface area contributed by atoms with Gasteiger partial charge in [0.05, 0.1) is 0 Å². The summed E-state index contributed by atoms with van der Waals surface area (Å²) < 4.78 is 10.5. The van der Waals surface area contributed by atoms with Crippen molar-refractivity contribution in [2.45, 2.75) is 13.0 Å². The molecule has 130 valence electrons. The van der Waals surface area contributed by atoms with E-state index in [0.29, 0.717) is 28.6 Å². The number of ether oxygens (including phenoxy) is 2. The van der Waals surface area contributed by atoms with Crippen molar-refractivity contribution >= 4 is 23.4 Å². The maximum atomic E-state index is 11.9. The van der Waals surface area contributed by atoms with Gasteiger partial charge in [0.1, 0.15) is 0 Å². The molecule has 0 aliphatic carbocycles. The second-order valence-electron chi connectivity index (χ2n) is 5.48. The van der Waals surface area contributed by atoms with E-state index in [1.54, 1.807) is 24.3 Å². The smallest absolute Gasteiger partial charge is 0.251 e. The number of amides is 2. The molecule has 0 atom stereocenters. The van der Waals surface area contributed by atoms with Crippen LogP contribution in [-0.2, 0) is 11.3 Å². The topological polar surface area (TPSA) is 76.7 Å². The second-order valence-corrected chi connectivity index (χ2v) is 5.91. The Balaban J connectivity index is 1.39. The first-order valence-corrected chi connectivity index (χ1v) is 8.18. The molecule has 0 spiro atoms. The molecule has 1 heterocycles. The average molecular weight is 361 g/mol. The fourth-order valence-electron chi connectivity index (χ4n) is 2.33. The summed E-state index contributed by atoms with van der Waals surface area (Å²) in [5, 5.41) is 6.08. The van der Waals surface area contributed by atoms with Crippen molar-refractivity contribution in [1.82, 2.24) is 10.6 Å². The fourth-order valence-corrected chi connectivity index (χ4v) is 2.46. The Bertz CT molecular complexity index is 777. The first-order valence-electron chi connectivity index (χ1n) is 7.81. The molecule has 25 heavy (non-hydrogen) atoms. The van der Waals surface area contributed by atoms with Crippen LogP contribution in [0.4, 0.5) is 0 Å². The van der Waals surface area contributed by atoms with Crippen molar-refractivity contribution in [3.05, 3.63) is 58.6 Å². The van der Waals surface area contributed by atoms with Gasteiger partial charge in [-0.2, -0.15) is 0 Å². The van der Waals surface area contributed by atoms with Gasteiger partial charge >= 0.3 is 0 Å². The molecule has 2 aromatic rings. The van der Waals surface area contributed by atoms with Gasteiger partial charge in [0, 0.05) is 30.1 Å². The minimum atomic E-state index is -0.236. The second kappa shape index (κ2) is 7.90. The van der Waals surface area contributed by atoms with E-state index < -0.39 is 0 Å². The van der Waals surface area contributed by atoms with Crippen molar-refractivity contribution in [3.8, 4) is 11.5 Å². The Morgan fingerprint density at radius 1 is 1.00 bits per heavy atom. The number of halogens is 1. The van der Waals surface area contributed by atoms with Crippen LogP contribution in [0.15, 0.2) is 42.5 Å². The van der Waals surface area contributed by atoms with E-state index in [-0.39, 0.29) is 31.6 Å². The summed E-state index contributed by atoms with van der Waals surface area (Å²) >= 11 is 5.78. The van der Waals surface area contributed by atoms with Crippen molar-refractivity contribution < 1.29 is 19.1 Å². The highest BCUT2D eigenvalue weighted by molar-refractivity contribution is 6.30. The monoisotopic (exact) mass is 360 g/mol. The third-order valence-electron chi connectivity index (χ3n) is 3.67. The van der Waals surface area contributed by atoms with Gasteiger partial charge in [0.25, 0.3) is 5.91 Å². The largest absolute Gasteiger partial charge is 0.454 e. The molecular weight excluding hydrogens is 344 g/mol. The quantitative estimate of drug-likeness (QED) is 0.829. The van der Waals surface area contributed by atoms with E-state index in [2.05, 4.69) is 10.6 Å². The molecule has 2 amide bonds. The van der Waals surface area contributed by atoms with Gasteiger partial charge in [-0.25, -0.2) is 0 Å². The van der Waals surface area contributed by atoms with E-state index in [1.807, 2.05) is 18.2 Å². The van der Waals surface area contributed by atoms with E-state index in [1.165, 1.54) is 0 Å². The van der Waals surface area contributed by atoms with Crippen LogP contribution >= 0.6 is 11.6 Å². The van der Waals surface area contributed by atoms with E-state index in [0.717, 1.165) is 5.56 Å². The predicted octanol–water partition coefficient (Wildman–Crippen LogP) is 2.51. The van der Waals surface area contributed by atoms with Crippen LogP contribution < -0.4 is 20.1 Å². The highest BCUT2D eigenvalue weighted by Crippen LogP contribution is 2.32. The van der Waals surface area contributed by atoms with Crippen molar-refractivity contribution in [1.29, 1.82) is 0 Å². The molecule has 1 aliphatic heterocycles. The zero-order chi connectivity index (χ0) is 17.6. The summed E-state index contributed by atoms with van der Waals surface area (Å²) in [7, 11) is 0. The maximum Gasteiger partial charge on any atom is 0.251 e. The van der Waals surface area contributed by atoms with Crippen molar-refractivity contribution in [3.63, 3.8) is 0 Å². The summed E-state index contributed by atoms with van der Waals surface area (Å²) in [6.07, 6.45) is 0.198. The molecule has 2 aromatic carbocycles. The molecule has 0 radical (unpaired) electrons. The summed E-state index contributed by atoms with van der Waals surface area (Å²) in [5.74, 6) is 1.01. The summed E-state index contributed by atoms with van der Waals surface area (Å²) in [6, 6.07) is 12.1. The lowest BCUT2D eigenvalue weighted by Gasteiger charge is -2.08. The predicted molar refractivity (Wildman–Crippen MR) is 92.8 cm³/mol. The number of hydrogen-bond donors (Lipinski definition) is 2. The van der Waals surface area contributed by atoms with Crippen LogP contribution in [0.2, 0.25) is 5.02 Å². The molecule has 7 heteroatoms. The van der Waals surface area contributed by atoms with Crippen LogP contribution in [0.1, 0.15) is 22.3 Å². The summed E-state index contributed by atoms with van der Waals surface area (Å²) in [4.78, 5) is 23.8. The van der Waals surface area contributed by atoms with Gasteiger partial charge in [0.15, 0.2) is 11.5 Å². The number of hydrogen-bond acceptors (Lipinski definition) is 4. The lowest BCUT2D eigenvalue weighted by molar-refractivity contribution is -0.121. The molecule has 2 N–H and O–H groups in total. The van der Waals surface area contributed by atoms with Gasteiger partial charge in [-0.3, -0.25) is 9.59 Å². The SMILES string of the molecule is O=C(CCNC(=O)c1ccc(Cl)cc1)NCc1ccc2c(c1)OCO2. The lowest BCUT2D eigenvalue weighted by Crippen LogP contribution is -2.30. The van der Waals surface area contributed by atoms with Crippen molar-refractivity contribution in [2.24, 2.45) is 0 Å². The molecule has 0 saturated heterocycles. The highest BCUT2D eigenvalue weighted by atomic mass is 35.5. The van der Waals surface area contributed by atoms with Gasteiger partial charge in [-0.15, -0.1) is 0 Å². The number of carbonyl (C=O) groups excluding carboxylic acids is 2. The van der Waals surface area contributed by atoms with Gasteiger partial charge in [-0.05, 0) is 42.0 Å². The normalized spacial score (nSPS) is 11.9. The third kappa shape index (κ3) is 4.64. The first kappa shape index (κ1) is 17.1. The van der Waals surface area contributed by atoms with Crippen molar-refractivity contribution in [2.75, 3.05) is 13.3 Å². The number of fused-ring (bicyclic) bond motifs is 1. The molecule has 0 fully saturated rings. The number of nitrogens with one attached hydrogen (secondary N) is 2. The number of carbonyl (C=O) groups is 2. The zero-order valence-corrected chi connectivity index (χ0v) is 14.1. The Hall–Kier alpha value is -2.73. The molecule has 3 rings (SSSR count). The molecule has 0 aromatic heterocycles. The zero-order valence-electron chi connectivity index (χ0n) is 13.4. The Labute approximate surface area is 150 Å². The van der Waals surface area contributed by atoms with Gasteiger partial charge in [0.2, 0.25) is 12.7 Å². The van der Waals surface area contributed by atoms with E-state index >= 15 is 0 Å². The molecule has 1 aliphatic rings. The van der Waals surface area contributed by atoms with Crippen LogP contribution in [0.5, 0.6) is 11.5 Å². The van der Waals surface area contributed by atoms with Gasteiger partial charge < -0.3 is 20.1 Å². The first-order chi connectivity index (χ1) is 12.1. The lowest BCUT2D eigenvalue weighted by atomic mass is 10.2. The molecule has 0 bridgehead atoms. The number of benzene rings is 2. The minimum Gasteiger partial charge on any atom is -0.454 e. The Kier molecular flexibility index (Phi) is 5.40. The summed E-state index contributed by atoms with van der Waals surface area (Å²) in [6.45, 7) is 0.869. The minimum absolute atomic E-state index is 0.144. The van der Waals surface area contributed by atoms with Crippen LogP contribution in [-0.4, -0.2) is 25.2 Å². The summed E-state index contributed by atoms with van der Waals surface area (Å²) in [5.41, 5.74) is 1.42. The third-order valence-corrected chi connectivity index (χ3v) is 3.92. The average Bonchev–Trinajstić information content (AvgIpc) is 3.08. The molecule has 0 unspecified atom stereocenters. The van der Waals surface area contributed by atoms with E-state index in [9.17, 15) is 9.59 Å². The Morgan fingerprint density at radius 3 is 2.56 bits per heavy atom. The van der Waals surface area contributed by atoms with Crippen LogP contribution in [0, 0.1) is 0 Å². The van der Waals surface area contributed by atoms with Crippen LogP contribution in [0.25, 0.3) is 0 Å². The highest BCUT2D eigenvalue weighted by Gasteiger charge is 2.13. The Morgan fingerprint density at radius 2 is 1.76 bits per heavy atom. The molecule has 0 saturated carbocycles. The fraction of sp³-hybridized carbons (Fsp3) is 0.222. The number of rotatable bonds is 6. The molecular formula is C18H17ClN2O4. The van der Waals surface area contributed by atoms with Gasteiger partial charge in [-0.1, -0.05) is 17.7 Å². The molecule has 6 nitrogen and oxygen atoms in total. The van der Waals surface area contributed by atoms with E-state index in [4.69, 9.17) is 21.1 Å².